The molecule has 0 amide bonds. The second kappa shape index (κ2) is 9.50. The highest BCUT2D eigenvalue weighted by Crippen LogP contribution is 2.35. The Balaban J connectivity index is 1.60. The Kier molecular flexibility index (Phi) is 6.75. The van der Waals surface area contributed by atoms with Crippen LogP contribution in [0.4, 0.5) is 13.2 Å². The van der Waals surface area contributed by atoms with E-state index in [1.807, 2.05) is 12.3 Å². The van der Waals surface area contributed by atoms with Crippen LogP contribution in [0.2, 0.25) is 0 Å². The van der Waals surface area contributed by atoms with E-state index in [0.29, 0.717) is 0 Å². The summed E-state index contributed by atoms with van der Waals surface area (Å²) in [5.41, 5.74) is 4.21. The van der Waals surface area contributed by atoms with Gasteiger partial charge in [-0.2, -0.15) is 0 Å². The third-order valence-corrected chi connectivity index (χ3v) is 8.26. The molecule has 14 heteroatoms. The molecule has 1 aliphatic heterocycles. The third-order valence-electron chi connectivity index (χ3n) is 5.37. The standard InChI is InChI=1S/C22H21F3N6O3S2/c1-12-10-35-19(29-12)9-34-18-8-27-17(7-28-18)15(23)5-13-4-14(20(25)16(24)6-13)22(2)11-36(32,33)31(3)21(26)30-22/h4-8,10H,9,11H2,1-3H3,(H2,26,30). The first-order chi connectivity index (χ1) is 16.9. The molecule has 1 aliphatic rings. The summed E-state index contributed by atoms with van der Waals surface area (Å²) < 4.78 is 75.2. The van der Waals surface area contributed by atoms with Crippen LogP contribution in [0.3, 0.4) is 0 Å². The van der Waals surface area contributed by atoms with Crippen molar-refractivity contribution < 1.29 is 26.3 Å². The molecule has 1 atom stereocenters. The van der Waals surface area contributed by atoms with E-state index in [9.17, 15) is 21.6 Å². The van der Waals surface area contributed by atoms with Gasteiger partial charge in [-0.25, -0.2) is 45.8 Å². The fraction of sp³-hybridized carbons (Fsp3) is 0.273. The quantitative estimate of drug-likeness (QED) is 0.510. The normalized spacial score (nSPS) is 19.8. The Hall–Kier alpha value is -3.52. The molecule has 3 heterocycles. The van der Waals surface area contributed by atoms with Crippen molar-refractivity contribution in [1.82, 2.24) is 19.3 Å². The van der Waals surface area contributed by atoms with Gasteiger partial charge in [-0.1, -0.05) is 0 Å². The Morgan fingerprint density at radius 3 is 2.67 bits per heavy atom. The number of thiazole rings is 1. The third kappa shape index (κ3) is 5.18. The number of guanidine groups is 1. The number of aryl methyl sites for hydroxylation is 1. The van der Waals surface area contributed by atoms with Crippen molar-refractivity contribution in [1.29, 1.82) is 0 Å². The van der Waals surface area contributed by atoms with Crippen molar-refractivity contribution >= 4 is 39.2 Å². The van der Waals surface area contributed by atoms with Crippen molar-refractivity contribution in [3.05, 3.63) is 69.1 Å². The molecule has 0 radical (unpaired) electrons. The van der Waals surface area contributed by atoms with Gasteiger partial charge in [0.1, 0.15) is 22.8 Å². The molecule has 0 fully saturated rings. The molecule has 4 rings (SSSR count). The molecule has 9 nitrogen and oxygen atoms in total. The van der Waals surface area contributed by atoms with E-state index in [1.165, 1.54) is 31.5 Å². The van der Waals surface area contributed by atoms with Gasteiger partial charge in [-0.05, 0) is 37.6 Å². The molecule has 36 heavy (non-hydrogen) atoms. The van der Waals surface area contributed by atoms with Crippen LogP contribution in [0.25, 0.3) is 11.9 Å². The van der Waals surface area contributed by atoms with E-state index in [2.05, 4.69) is 19.9 Å². The van der Waals surface area contributed by atoms with E-state index in [1.54, 1.807) is 0 Å². The Morgan fingerprint density at radius 2 is 2.06 bits per heavy atom. The van der Waals surface area contributed by atoms with E-state index in [4.69, 9.17) is 10.5 Å². The van der Waals surface area contributed by atoms with Gasteiger partial charge in [0.15, 0.2) is 17.5 Å². The van der Waals surface area contributed by atoms with Crippen LogP contribution in [0.1, 0.15) is 34.4 Å². The van der Waals surface area contributed by atoms with Crippen molar-refractivity contribution in [3.8, 4) is 5.88 Å². The summed E-state index contributed by atoms with van der Waals surface area (Å²) in [5.74, 6) is -4.37. The molecule has 1 aromatic carbocycles. The molecular weight excluding hydrogens is 517 g/mol. The fourth-order valence-corrected chi connectivity index (χ4v) is 5.65. The average molecular weight is 539 g/mol. The minimum absolute atomic E-state index is 0.0750. The lowest BCUT2D eigenvalue weighted by Crippen LogP contribution is -2.50. The summed E-state index contributed by atoms with van der Waals surface area (Å²) in [6.07, 6.45) is 3.28. The molecule has 0 saturated carbocycles. The second-order valence-corrected chi connectivity index (χ2v) is 11.2. The van der Waals surface area contributed by atoms with Crippen LogP contribution < -0.4 is 10.5 Å². The van der Waals surface area contributed by atoms with Gasteiger partial charge in [0, 0.05) is 23.7 Å². The molecule has 2 aromatic heterocycles. The van der Waals surface area contributed by atoms with E-state index in [0.717, 1.165) is 39.4 Å². The fourth-order valence-electron chi connectivity index (χ4n) is 3.51. The Bertz CT molecular complexity index is 1470. The number of aliphatic imine (C=N–C) groups is 1. The van der Waals surface area contributed by atoms with Crippen LogP contribution in [-0.2, 0) is 22.2 Å². The highest BCUT2D eigenvalue weighted by molar-refractivity contribution is 7.89. The zero-order valence-electron chi connectivity index (χ0n) is 19.4. The van der Waals surface area contributed by atoms with Gasteiger partial charge >= 0.3 is 0 Å². The zero-order chi connectivity index (χ0) is 26.3. The van der Waals surface area contributed by atoms with Crippen LogP contribution >= 0.6 is 11.3 Å². The predicted octanol–water partition coefficient (Wildman–Crippen LogP) is 3.37. The first kappa shape index (κ1) is 25.6. The van der Waals surface area contributed by atoms with Crippen LogP contribution in [0.15, 0.2) is 34.9 Å². The maximum atomic E-state index is 14.9. The van der Waals surface area contributed by atoms with Gasteiger partial charge in [0.2, 0.25) is 21.9 Å². The lowest BCUT2D eigenvalue weighted by atomic mass is 9.92. The molecule has 3 aromatic rings. The summed E-state index contributed by atoms with van der Waals surface area (Å²) >= 11 is 1.43. The highest BCUT2D eigenvalue weighted by atomic mass is 32.2. The number of hydrogen-bond donors (Lipinski definition) is 1. The van der Waals surface area contributed by atoms with Crippen LogP contribution in [-0.4, -0.2) is 46.4 Å². The molecular formula is C22H21F3N6O3S2. The van der Waals surface area contributed by atoms with E-state index >= 15 is 0 Å². The average Bonchev–Trinajstić information content (AvgIpc) is 3.23. The highest BCUT2D eigenvalue weighted by Gasteiger charge is 2.42. The van der Waals surface area contributed by atoms with Crippen molar-refractivity contribution in [2.24, 2.45) is 10.7 Å². The molecule has 1 unspecified atom stereocenters. The first-order valence-corrected chi connectivity index (χ1v) is 12.9. The summed E-state index contributed by atoms with van der Waals surface area (Å²) in [5, 5.41) is 2.63. The predicted molar refractivity (Wildman–Crippen MR) is 129 cm³/mol. The SMILES string of the molecule is Cc1csc(COc2cnc(C(F)=Cc3cc(F)c(F)c(C4(C)CS(=O)(=O)N(C)C(N)=N4)c3)cn2)n1. The number of ether oxygens (including phenoxy) is 1. The number of halogens is 3. The topological polar surface area (TPSA) is 124 Å². The minimum Gasteiger partial charge on any atom is -0.469 e. The van der Waals surface area contributed by atoms with Gasteiger partial charge in [-0.3, -0.25) is 0 Å². The molecule has 0 aliphatic carbocycles. The maximum absolute atomic E-state index is 14.9. The number of benzene rings is 1. The molecule has 0 saturated heterocycles. The Labute approximate surface area is 209 Å². The summed E-state index contributed by atoms with van der Waals surface area (Å²) in [6.45, 7) is 3.35. The summed E-state index contributed by atoms with van der Waals surface area (Å²) in [6, 6.07) is 1.90. The number of hydrogen-bond acceptors (Lipinski definition) is 9. The molecule has 0 spiro atoms. The lowest BCUT2D eigenvalue weighted by molar-refractivity contribution is 0.291. The second-order valence-electron chi connectivity index (χ2n) is 8.24. The van der Waals surface area contributed by atoms with E-state index < -0.39 is 38.8 Å². The van der Waals surface area contributed by atoms with Crippen molar-refractivity contribution in [3.63, 3.8) is 0 Å². The molecule has 190 valence electrons. The summed E-state index contributed by atoms with van der Waals surface area (Å²) in [4.78, 5) is 16.3. The number of nitrogens with two attached hydrogens (primary N) is 1. The van der Waals surface area contributed by atoms with Crippen molar-refractivity contribution in [2.45, 2.75) is 26.0 Å². The van der Waals surface area contributed by atoms with Gasteiger partial charge in [0.05, 0.1) is 18.1 Å². The van der Waals surface area contributed by atoms with Crippen LogP contribution in [0.5, 0.6) is 5.88 Å². The van der Waals surface area contributed by atoms with Gasteiger partial charge in [0.25, 0.3) is 0 Å². The lowest BCUT2D eigenvalue weighted by Gasteiger charge is -2.34. The Morgan fingerprint density at radius 1 is 1.31 bits per heavy atom. The van der Waals surface area contributed by atoms with Gasteiger partial charge in [-0.15, -0.1) is 11.3 Å². The maximum Gasteiger partial charge on any atom is 0.239 e. The van der Waals surface area contributed by atoms with Crippen LogP contribution in [0, 0.1) is 18.6 Å². The largest absolute Gasteiger partial charge is 0.469 e. The monoisotopic (exact) mass is 538 g/mol. The number of rotatable bonds is 6. The number of sulfonamides is 1. The minimum atomic E-state index is -3.93. The molecule has 0 bridgehead atoms. The van der Waals surface area contributed by atoms with E-state index in [-0.39, 0.29) is 35.3 Å². The van der Waals surface area contributed by atoms with Gasteiger partial charge < -0.3 is 10.5 Å². The van der Waals surface area contributed by atoms with Crippen molar-refractivity contribution in [2.75, 3.05) is 12.8 Å². The molecule has 2 N–H and O–H groups in total. The smallest absolute Gasteiger partial charge is 0.239 e. The summed E-state index contributed by atoms with van der Waals surface area (Å²) in [7, 11) is -2.73. The first-order valence-electron chi connectivity index (χ1n) is 10.4. The number of aromatic nitrogens is 3. The number of nitrogens with zero attached hydrogens (tertiary/aromatic N) is 5. The zero-order valence-corrected chi connectivity index (χ0v) is 21.0.